The van der Waals surface area contributed by atoms with Gasteiger partial charge >= 0.3 is 38.9 Å². The van der Waals surface area contributed by atoms with Crippen molar-refractivity contribution in [1.82, 2.24) is 5.32 Å². The monoisotopic (exact) mass is 1590 g/mol. The van der Waals surface area contributed by atoms with Gasteiger partial charge in [-0.1, -0.05) is 66.2 Å². The third kappa shape index (κ3) is 33.9. The summed E-state index contributed by atoms with van der Waals surface area (Å²) in [4.78, 5) is 65.0. The largest absolute Gasteiger partial charge is 0.474 e. The summed E-state index contributed by atoms with van der Waals surface area (Å²) >= 11 is 0. The highest BCUT2D eigenvalue weighted by atomic mass is 31.2. The Morgan fingerprint density at radius 2 is 0.804 bits per heavy atom. The standard InChI is InChI=1S/C57H112NO39P5/c1-37(2)98(69,70)97-42-25-38(3)93-46(42)29-88-102(77,78)89-33-57(30-79-34-90-99(71,72)85-22-16-10-7-13-19-82-54-39(4)48(63)50(65)43(26-59)94-54,31-80-35-91-100(73,74)86-23-17-11-8-14-20-83-55-40(5)49(64)51(66)44(27-60)95-55)32-81-36-92-101(75,76)87-24-18-12-9-15-21-84-56-47(58-41(6)62)53(68)52(67)45(28-61)96-56/h37-40,42-56,59-61,63-68H,7-36H2,1-6H3,(H,58,62)(H,69,70)(H,71,72)(H,73,74)(H,75,76)(H,77,78)/t38-,39?,40?,42?,43?,44?,45?,46+,47?,48+,49+,50-,51-,52-,53+,54+,55+,56+,57?/m0/s1. The average molecular weight is 1590 g/mol. The molecule has 23 atom stereocenters. The number of phosphoric ester groups is 4. The predicted molar refractivity (Wildman–Crippen MR) is 348 cm³/mol. The Balaban J connectivity index is 1.39. The van der Waals surface area contributed by atoms with Crippen molar-refractivity contribution in [2.24, 2.45) is 17.3 Å². The van der Waals surface area contributed by atoms with Crippen molar-refractivity contribution in [3.05, 3.63) is 0 Å². The maximum Gasteiger partial charge on any atom is 0.474 e. The van der Waals surface area contributed by atoms with E-state index in [2.05, 4.69) is 5.32 Å². The van der Waals surface area contributed by atoms with Gasteiger partial charge in [0.1, 0.15) is 54.9 Å². The van der Waals surface area contributed by atoms with Crippen molar-refractivity contribution < 1.29 is 186 Å². The number of phosphoric acid groups is 4. The van der Waals surface area contributed by atoms with Crippen molar-refractivity contribution in [2.45, 2.75) is 229 Å². The molecule has 0 aromatic carbocycles. The Bertz CT molecular complexity index is 2510. The van der Waals surface area contributed by atoms with E-state index in [-0.39, 0.29) is 65.3 Å². The number of aliphatic hydroxyl groups is 9. The van der Waals surface area contributed by atoms with Gasteiger partial charge in [-0.2, -0.15) is 0 Å². The molecular weight excluding hydrogens is 1480 g/mol. The molecule has 0 aromatic heterocycles. The maximum absolute atomic E-state index is 13.7. The van der Waals surface area contributed by atoms with Crippen LogP contribution in [0.5, 0.6) is 0 Å². The number of aliphatic hydroxyl groups excluding tert-OH is 9. The molecule has 4 fully saturated rings. The Morgan fingerprint density at radius 1 is 0.451 bits per heavy atom. The van der Waals surface area contributed by atoms with Gasteiger partial charge in [0.05, 0.1) is 108 Å². The molecule has 0 radical (unpaired) electrons. The van der Waals surface area contributed by atoms with Crippen molar-refractivity contribution in [1.29, 1.82) is 0 Å². The SMILES string of the molecule is CC(=O)NC1[C@H](OCCCCCCOP(=O)(O)OCOCC(COCOP(=O)(O)OCCCCCCO[C@@H]2OC(CO)[C@H](O)[C@H](O)C2C)(COCOP(=O)(O)OCCCCCCO[C@@H]2OC(CO)[C@H](O)[C@H](O)C2C)COP(=O)(O)OC[C@H]2O[C@@H](C)CC2OP(=O)(O)C(C)C)OC(CO)[C@H](O)[C@@H]1O. The summed E-state index contributed by atoms with van der Waals surface area (Å²) in [6.07, 6.45) is -11.8. The number of ether oxygens (including phenoxy) is 10. The van der Waals surface area contributed by atoms with Gasteiger partial charge in [0, 0.05) is 45.0 Å². The molecule has 0 saturated carbocycles. The first-order valence-electron chi connectivity index (χ1n) is 33.9. The van der Waals surface area contributed by atoms with Crippen LogP contribution in [0.2, 0.25) is 0 Å². The lowest BCUT2D eigenvalue weighted by atomic mass is 9.92. The number of rotatable bonds is 55. The van der Waals surface area contributed by atoms with Gasteiger partial charge in [-0.05, 0) is 45.4 Å². The molecule has 604 valence electrons. The maximum atomic E-state index is 13.7. The molecular formula is C57H112NO39P5. The van der Waals surface area contributed by atoms with Crippen LogP contribution in [0.25, 0.3) is 0 Å². The van der Waals surface area contributed by atoms with E-state index in [0.717, 1.165) is 0 Å². The third-order valence-electron chi connectivity index (χ3n) is 16.7. The average Bonchev–Trinajstić information content (AvgIpc) is 1.06. The highest BCUT2D eigenvalue weighted by Crippen LogP contribution is 2.52. The van der Waals surface area contributed by atoms with E-state index in [9.17, 15) is 98.0 Å². The van der Waals surface area contributed by atoms with E-state index in [1.165, 1.54) is 20.8 Å². The number of nitrogens with one attached hydrogen (secondary N) is 1. The summed E-state index contributed by atoms with van der Waals surface area (Å²) in [5.41, 5.74) is -2.81. The quantitative estimate of drug-likeness (QED) is 0.0232. The third-order valence-corrected chi connectivity index (χ3v) is 22.4. The van der Waals surface area contributed by atoms with Gasteiger partial charge in [0.2, 0.25) is 5.91 Å². The lowest BCUT2D eigenvalue weighted by molar-refractivity contribution is -0.282. The van der Waals surface area contributed by atoms with Gasteiger partial charge in [0.15, 0.2) is 39.2 Å². The number of unbranched alkanes of at least 4 members (excludes halogenated alkanes) is 9. The van der Waals surface area contributed by atoms with Crippen LogP contribution in [0, 0.1) is 17.3 Å². The minimum atomic E-state index is -5.26. The molecule has 15 N–H and O–H groups in total. The van der Waals surface area contributed by atoms with E-state index in [0.29, 0.717) is 57.8 Å². The molecule has 12 unspecified atom stereocenters. The second kappa shape index (κ2) is 46.8. The van der Waals surface area contributed by atoms with Crippen LogP contribution in [-0.4, -0.2) is 293 Å². The molecule has 4 aliphatic heterocycles. The first kappa shape index (κ1) is 93.7. The molecule has 0 aliphatic carbocycles. The first-order chi connectivity index (χ1) is 48.0. The second-order valence-corrected chi connectivity index (χ2v) is 33.9. The Labute approximate surface area is 593 Å². The zero-order valence-corrected chi connectivity index (χ0v) is 62.9. The van der Waals surface area contributed by atoms with E-state index in [1.807, 2.05) is 0 Å². The minimum absolute atomic E-state index is 0.0444. The topological polar surface area (TPSA) is 573 Å². The van der Waals surface area contributed by atoms with Crippen molar-refractivity contribution in [3.63, 3.8) is 0 Å². The van der Waals surface area contributed by atoms with Crippen molar-refractivity contribution in [2.75, 3.05) is 113 Å². The molecule has 0 aromatic rings. The summed E-state index contributed by atoms with van der Waals surface area (Å²) in [7, 11) is -24.1. The molecule has 4 aliphatic rings. The summed E-state index contributed by atoms with van der Waals surface area (Å²) in [5.74, 6) is -1.72. The lowest BCUT2D eigenvalue weighted by Gasteiger charge is -2.42. The van der Waals surface area contributed by atoms with Crippen molar-refractivity contribution >= 4 is 44.8 Å². The fraction of sp³-hybridized carbons (Fsp3) is 0.982. The van der Waals surface area contributed by atoms with Gasteiger partial charge in [0.25, 0.3) is 0 Å². The van der Waals surface area contributed by atoms with Crippen LogP contribution in [0.15, 0.2) is 0 Å². The van der Waals surface area contributed by atoms with Crippen LogP contribution < -0.4 is 5.32 Å². The molecule has 40 nitrogen and oxygen atoms in total. The van der Waals surface area contributed by atoms with E-state index in [4.69, 9.17) is 88.1 Å². The Hall–Kier alpha value is -0.700. The van der Waals surface area contributed by atoms with E-state index in [1.54, 1.807) is 20.8 Å². The van der Waals surface area contributed by atoms with Crippen molar-refractivity contribution in [3.8, 4) is 0 Å². The van der Waals surface area contributed by atoms with Crippen LogP contribution >= 0.6 is 38.9 Å². The molecule has 1 amide bonds. The van der Waals surface area contributed by atoms with Crippen LogP contribution in [-0.2, 0) is 116 Å². The van der Waals surface area contributed by atoms with Crippen LogP contribution in [0.4, 0.5) is 0 Å². The molecule has 4 saturated heterocycles. The zero-order chi connectivity index (χ0) is 75.9. The molecule has 0 bridgehead atoms. The van der Waals surface area contributed by atoms with Gasteiger partial charge in [-0.25, -0.2) is 18.3 Å². The highest BCUT2D eigenvalue weighted by Gasteiger charge is 2.48. The Morgan fingerprint density at radius 3 is 1.18 bits per heavy atom. The molecule has 45 heteroatoms. The number of carbonyl (C=O) groups is 1. The molecule has 102 heavy (non-hydrogen) atoms. The summed E-state index contributed by atoms with van der Waals surface area (Å²) in [6, 6.07) is -1.14. The van der Waals surface area contributed by atoms with Gasteiger partial charge in [-0.15, -0.1) is 0 Å². The first-order valence-corrected chi connectivity index (χ1v) is 41.5. The molecule has 4 heterocycles. The second-order valence-electron chi connectivity index (χ2n) is 25.7. The molecule has 4 rings (SSSR count). The summed E-state index contributed by atoms with van der Waals surface area (Å²) in [6.45, 7) is -0.428. The lowest BCUT2D eigenvalue weighted by Crippen LogP contribution is -2.64. The number of hydrogen-bond donors (Lipinski definition) is 15. The molecule has 0 spiro atoms. The highest BCUT2D eigenvalue weighted by molar-refractivity contribution is 7.53. The number of hydrogen-bond acceptors (Lipinski definition) is 34. The fourth-order valence-electron chi connectivity index (χ4n) is 10.6. The van der Waals surface area contributed by atoms with E-state index < -0.39 is 239 Å². The van der Waals surface area contributed by atoms with Gasteiger partial charge < -0.3 is 128 Å². The minimum Gasteiger partial charge on any atom is -0.394 e. The number of carbonyl (C=O) groups excluding carboxylic acids is 1. The summed E-state index contributed by atoms with van der Waals surface area (Å²) < 4.78 is 169. The fourth-order valence-corrected chi connectivity index (χ4v) is 14.2. The predicted octanol–water partition coefficient (Wildman–Crippen LogP) is 1.41. The summed E-state index contributed by atoms with van der Waals surface area (Å²) in [5, 5.41) is 92.6. The van der Waals surface area contributed by atoms with Crippen LogP contribution in [0.1, 0.15) is 125 Å². The normalized spacial score (nSPS) is 32.3. The smallest absolute Gasteiger partial charge is 0.394 e. The zero-order valence-electron chi connectivity index (χ0n) is 58.4. The van der Waals surface area contributed by atoms with Crippen LogP contribution in [0.3, 0.4) is 0 Å². The van der Waals surface area contributed by atoms with E-state index >= 15 is 0 Å². The number of amides is 1. The van der Waals surface area contributed by atoms with Gasteiger partial charge in [-0.3, -0.25) is 45.5 Å². The Kier molecular flexibility index (Phi) is 43.0.